The Bertz CT molecular complexity index is 1060. The van der Waals surface area contributed by atoms with Crippen LogP contribution in [0.1, 0.15) is 45.1 Å². The second-order valence-corrected chi connectivity index (χ2v) is 7.49. The van der Waals surface area contributed by atoms with Crippen LogP contribution in [0.5, 0.6) is 0 Å². The molecule has 29 heavy (non-hydrogen) atoms. The van der Waals surface area contributed by atoms with E-state index in [9.17, 15) is 9.59 Å². The molecular weight excluding hydrogens is 362 g/mol. The number of rotatable bonds is 5. The number of carbonyl (C=O) groups is 2. The number of hydrogen-bond donors (Lipinski definition) is 1. The maximum absolute atomic E-state index is 13.0. The molecule has 5 heteroatoms. The molecule has 0 spiro atoms. The van der Waals surface area contributed by atoms with E-state index >= 15 is 0 Å². The van der Waals surface area contributed by atoms with E-state index in [0.717, 1.165) is 22.3 Å². The molecule has 2 heterocycles. The number of anilines is 1. The molecule has 0 saturated heterocycles. The Labute approximate surface area is 170 Å². The average molecular weight is 385 g/mol. The number of pyridine rings is 1. The number of hydrogen-bond acceptors (Lipinski definition) is 3. The summed E-state index contributed by atoms with van der Waals surface area (Å²) in [7, 11) is 0. The third kappa shape index (κ3) is 4.04. The van der Waals surface area contributed by atoms with Crippen molar-refractivity contribution in [3.63, 3.8) is 0 Å². The molecule has 1 aromatic heterocycles. The number of amides is 2. The highest BCUT2D eigenvalue weighted by atomic mass is 16.2. The molecule has 0 radical (unpaired) electrons. The Balaban J connectivity index is 1.60. The van der Waals surface area contributed by atoms with Crippen LogP contribution in [-0.2, 0) is 11.3 Å². The Morgan fingerprint density at radius 3 is 2.55 bits per heavy atom. The van der Waals surface area contributed by atoms with Crippen molar-refractivity contribution in [1.82, 2.24) is 9.88 Å². The molecule has 146 valence electrons. The summed E-state index contributed by atoms with van der Waals surface area (Å²) in [5.74, 6) is 0.318. The third-order valence-corrected chi connectivity index (χ3v) is 5.25. The van der Waals surface area contributed by atoms with Gasteiger partial charge in [0.05, 0.1) is 12.5 Å². The van der Waals surface area contributed by atoms with Crippen LogP contribution in [-0.4, -0.2) is 21.7 Å². The lowest BCUT2D eigenvalue weighted by atomic mass is 10.00. The monoisotopic (exact) mass is 385 g/mol. The molecule has 0 bridgehead atoms. The third-order valence-electron chi connectivity index (χ3n) is 5.25. The minimum atomic E-state index is -0.347. The highest BCUT2D eigenvalue weighted by Crippen LogP contribution is 2.33. The molecule has 2 aromatic carbocycles. The first-order valence-corrected chi connectivity index (χ1v) is 9.69. The Morgan fingerprint density at radius 2 is 1.83 bits per heavy atom. The molecule has 0 unspecified atom stereocenters. The molecular formula is C24H23N3O2. The van der Waals surface area contributed by atoms with E-state index in [1.165, 1.54) is 0 Å². The van der Waals surface area contributed by atoms with Crippen LogP contribution in [0.2, 0.25) is 0 Å². The first-order chi connectivity index (χ1) is 14.0. The second-order valence-electron chi connectivity index (χ2n) is 7.49. The number of fused-ring (bicyclic) bond motifs is 1. The topological polar surface area (TPSA) is 62.3 Å². The normalized spacial score (nSPS) is 13.9. The zero-order chi connectivity index (χ0) is 20.4. The van der Waals surface area contributed by atoms with Gasteiger partial charge in [-0.05, 0) is 48.7 Å². The molecule has 5 nitrogen and oxygen atoms in total. The second kappa shape index (κ2) is 7.87. The van der Waals surface area contributed by atoms with Gasteiger partial charge >= 0.3 is 0 Å². The van der Waals surface area contributed by atoms with Crippen molar-refractivity contribution in [2.24, 2.45) is 0 Å². The van der Waals surface area contributed by atoms with Gasteiger partial charge in [-0.15, -0.1) is 0 Å². The van der Waals surface area contributed by atoms with Crippen molar-refractivity contribution in [3.8, 4) is 0 Å². The smallest absolute Gasteiger partial charge is 0.255 e. The summed E-state index contributed by atoms with van der Waals surface area (Å²) < 4.78 is 0. The number of nitrogens with zero attached hydrogens (tertiary/aromatic N) is 2. The highest BCUT2D eigenvalue weighted by molar-refractivity contribution is 5.99. The fraction of sp³-hybridized carbons (Fsp3) is 0.208. The van der Waals surface area contributed by atoms with E-state index in [-0.39, 0.29) is 24.3 Å². The maximum atomic E-state index is 13.0. The van der Waals surface area contributed by atoms with E-state index in [1.807, 2.05) is 74.5 Å². The summed E-state index contributed by atoms with van der Waals surface area (Å²) in [6.07, 6.45) is 1.83. The number of aromatic nitrogens is 1. The maximum Gasteiger partial charge on any atom is 0.255 e. The van der Waals surface area contributed by atoms with E-state index in [4.69, 9.17) is 0 Å². The van der Waals surface area contributed by atoms with Gasteiger partial charge < -0.3 is 10.2 Å². The zero-order valence-electron chi connectivity index (χ0n) is 16.6. The lowest BCUT2D eigenvalue weighted by Crippen LogP contribution is -2.32. The molecule has 3 aromatic rings. The predicted octanol–water partition coefficient (Wildman–Crippen LogP) is 4.42. The molecule has 4 rings (SSSR count). The lowest BCUT2D eigenvalue weighted by molar-refractivity contribution is -0.117. The predicted molar refractivity (Wildman–Crippen MR) is 112 cm³/mol. The highest BCUT2D eigenvalue weighted by Gasteiger charge is 2.34. The van der Waals surface area contributed by atoms with E-state index in [0.29, 0.717) is 17.9 Å². The lowest BCUT2D eigenvalue weighted by Gasteiger charge is -2.28. The minimum absolute atomic E-state index is 0.0346. The number of carbonyl (C=O) groups excluding carboxylic acids is 2. The number of nitrogens with one attached hydrogen (secondary N) is 1. The zero-order valence-corrected chi connectivity index (χ0v) is 16.6. The molecule has 0 aliphatic carbocycles. The molecule has 0 saturated carbocycles. The molecule has 1 aliphatic heterocycles. The first kappa shape index (κ1) is 18.9. The Morgan fingerprint density at radius 1 is 1.07 bits per heavy atom. The SMILES string of the molecule is Cc1ccc([C@H](CC(=O)Nc2cc(C)ccn2)N2Cc3ccccc3C2=O)cc1. The Kier molecular flexibility index (Phi) is 5.12. The van der Waals surface area contributed by atoms with Crippen LogP contribution in [0, 0.1) is 13.8 Å². The molecule has 1 N–H and O–H groups in total. The molecule has 0 fully saturated rings. The fourth-order valence-corrected chi connectivity index (χ4v) is 3.70. The van der Waals surface area contributed by atoms with Gasteiger partial charge in [0, 0.05) is 18.3 Å². The van der Waals surface area contributed by atoms with Crippen LogP contribution in [0.25, 0.3) is 0 Å². The van der Waals surface area contributed by atoms with Gasteiger partial charge in [-0.25, -0.2) is 4.98 Å². The van der Waals surface area contributed by atoms with Crippen LogP contribution in [0.3, 0.4) is 0 Å². The van der Waals surface area contributed by atoms with E-state index in [2.05, 4.69) is 10.3 Å². The van der Waals surface area contributed by atoms with Crippen LogP contribution in [0.4, 0.5) is 5.82 Å². The molecule has 1 aliphatic rings. The minimum Gasteiger partial charge on any atom is -0.327 e. The molecule has 2 amide bonds. The van der Waals surface area contributed by atoms with Gasteiger partial charge in [-0.2, -0.15) is 0 Å². The van der Waals surface area contributed by atoms with E-state index < -0.39 is 0 Å². The van der Waals surface area contributed by atoms with Crippen molar-refractivity contribution in [2.45, 2.75) is 32.9 Å². The number of aryl methyl sites for hydroxylation is 2. The Hall–Kier alpha value is -3.47. The summed E-state index contributed by atoms with van der Waals surface area (Å²) in [6.45, 7) is 4.47. The standard InChI is InChI=1S/C24H23N3O2/c1-16-7-9-18(10-8-16)21(14-23(28)26-22-13-17(2)11-12-25-22)27-15-19-5-3-4-6-20(19)24(27)29/h3-13,21H,14-15H2,1-2H3,(H,25,26,28)/t21-/m0/s1. The van der Waals surface area contributed by atoms with E-state index in [1.54, 1.807) is 11.1 Å². The van der Waals surface area contributed by atoms with Gasteiger partial charge in [0.15, 0.2) is 0 Å². The van der Waals surface area contributed by atoms with Crippen molar-refractivity contribution in [3.05, 3.63) is 94.7 Å². The summed E-state index contributed by atoms with van der Waals surface area (Å²) in [5.41, 5.74) is 4.82. The van der Waals surface area contributed by atoms with Crippen LogP contribution in [0.15, 0.2) is 66.9 Å². The van der Waals surface area contributed by atoms with Gasteiger partial charge in [0.1, 0.15) is 5.82 Å². The van der Waals surface area contributed by atoms with Gasteiger partial charge in [0.2, 0.25) is 5.91 Å². The van der Waals surface area contributed by atoms with Crippen LogP contribution < -0.4 is 5.32 Å². The number of benzene rings is 2. The largest absolute Gasteiger partial charge is 0.327 e. The van der Waals surface area contributed by atoms with Crippen molar-refractivity contribution in [2.75, 3.05) is 5.32 Å². The summed E-state index contributed by atoms with van der Waals surface area (Å²) in [4.78, 5) is 31.9. The summed E-state index contributed by atoms with van der Waals surface area (Å²) in [6, 6.07) is 19.0. The van der Waals surface area contributed by atoms with Gasteiger partial charge in [-0.3, -0.25) is 9.59 Å². The fourth-order valence-electron chi connectivity index (χ4n) is 3.70. The van der Waals surface area contributed by atoms with Crippen molar-refractivity contribution >= 4 is 17.6 Å². The summed E-state index contributed by atoms with van der Waals surface area (Å²) in [5, 5.41) is 2.87. The average Bonchev–Trinajstić information content (AvgIpc) is 3.04. The van der Waals surface area contributed by atoms with Crippen molar-refractivity contribution < 1.29 is 9.59 Å². The van der Waals surface area contributed by atoms with Gasteiger partial charge in [0.25, 0.3) is 5.91 Å². The first-order valence-electron chi connectivity index (χ1n) is 9.69. The van der Waals surface area contributed by atoms with Crippen LogP contribution >= 0.6 is 0 Å². The summed E-state index contributed by atoms with van der Waals surface area (Å²) >= 11 is 0. The molecule has 1 atom stereocenters. The van der Waals surface area contributed by atoms with Gasteiger partial charge in [-0.1, -0.05) is 48.0 Å². The quantitative estimate of drug-likeness (QED) is 0.707. The van der Waals surface area contributed by atoms with Crippen molar-refractivity contribution in [1.29, 1.82) is 0 Å².